The van der Waals surface area contributed by atoms with Crippen LogP contribution in [0.5, 0.6) is 5.75 Å². The smallest absolute Gasteiger partial charge is 0.230 e. The minimum atomic E-state index is 0.690. The number of aryl methyl sites for hydroxylation is 2. The van der Waals surface area contributed by atoms with Gasteiger partial charge in [-0.25, -0.2) is 9.97 Å². The van der Waals surface area contributed by atoms with Crippen LogP contribution >= 0.6 is 11.6 Å². The molecule has 0 unspecified atom stereocenters. The van der Waals surface area contributed by atoms with Gasteiger partial charge in [0.2, 0.25) is 5.95 Å². The molecule has 0 fully saturated rings. The molecule has 0 saturated carbocycles. The third-order valence-electron chi connectivity index (χ3n) is 3.22. The van der Waals surface area contributed by atoms with Crippen LogP contribution in [0.2, 0.25) is 5.02 Å². The standard InChI is InChI=1S/C16H20ClN3O/c1-5-10-20(14-8-6-13(17)7-9-14)16-18-11(2)15(21-4)12(3)19-16/h6-9H,5,10H2,1-4H3. The van der Waals surface area contributed by atoms with E-state index >= 15 is 0 Å². The van der Waals surface area contributed by atoms with Crippen LogP contribution in [0.25, 0.3) is 0 Å². The molecular weight excluding hydrogens is 286 g/mol. The van der Waals surface area contributed by atoms with Crippen molar-refractivity contribution in [1.82, 2.24) is 9.97 Å². The predicted octanol–water partition coefficient (Wildman–Crippen LogP) is 4.30. The lowest BCUT2D eigenvalue weighted by atomic mass is 10.2. The lowest BCUT2D eigenvalue weighted by Gasteiger charge is -2.23. The molecule has 0 spiro atoms. The van der Waals surface area contributed by atoms with Gasteiger partial charge in [-0.3, -0.25) is 0 Å². The molecule has 5 heteroatoms. The summed E-state index contributed by atoms with van der Waals surface area (Å²) in [7, 11) is 1.64. The normalized spacial score (nSPS) is 10.5. The number of aromatic nitrogens is 2. The van der Waals surface area contributed by atoms with E-state index in [2.05, 4.69) is 21.8 Å². The third-order valence-corrected chi connectivity index (χ3v) is 3.48. The molecule has 1 aromatic heterocycles. The Kier molecular flexibility index (Phi) is 5.02. The van der Waals surface area contributed by atoms with Crippen molar-refractivity contribution in [3.05, 3.63) is 40.7 Å². The molecule has 0 atom stereocenters. The fourth-order valence-corrected chi connectivity index (χ4v) is 2.42. The molecule has 0 aliphatic heterocycles. The highest BCUT2D eigenvalue weighted by atomic mass is 35.5. The fraction of sp³-hybridized carbons (Fsp3) is 0.375. The number of methoxy groups -OCH3 is 1. The van der Waals surface area contributed by atoms with Gasteiger partial charge in [0.05, 0.1) is 18.5 Å². The number of halogens is 1. The van der Waals surface area contributed by atoms with Gasteiger partial charge in [0.25, 0.3) is 0 Å². The van der Waals surface area contributed by atoms with E-state index in [0.717, 1.165) is 40.8 Å². The first-order valence-electron chi connectivity index (χ1n) is 6.99. The Morgan fingerprint density at radius 1 is 1.10 bits per heavy atom. The summed E-state index contributed by atoms with van der Waals surface area (Å²) in [4.78, 5) is 11.3. The quantitative estimate of drug-likeness (QED) is 0.825. The molecule has 0 amide bonds. The van der Waals surface area contributed by atoms with Crippen LogP contribution in [0.15, 0.2) is 24.3 Å². The van der Waals surface area contributed by atoms with Gasteiger partial charge in [0.1, 0.15) is 0 Å². The average Bonchev–Trinajstić information content (AvgIpc) is 2.45. The minimum absolute atomic E-state index is 0.690. The number of ether oxygens (including phenoxy) is 1. The zero-order valence-corrected chi connectivity index (χ0v) is 13.6. The third kappa shape index (κ3) is 3.45. The van der Waals surface area contributed by atoms with Gasteiger partial charge < -0.3 is 9.64 Å². The van der Waals surface area contributed by atoms with E-state index in [4.69, 9.17) is 16.3 Å². The van der Waals surface area contributed by atoms with Gasteiger partial charge in [0, 0.05) is 17.3 Å². The summed E-state index contributed by atoms with van der Waals surface area (Å²) in [6.07, 6.45) is 0.996. The first-order chi connectivity index (χ1) is 10.1. The van der Waals surface area contributed by atoms with Crippen LogP contribution < -0.4 is 9.64 Å². The molecule has 0 radical (unpaired) electrons. The SMILES string of the molecule is CCCN(c1ccc(Cl)cc1)c1nc(C)c(OC)c(C)n1. The van der Waals surface area contributed by atoms with Crippen molar-refractivity contribution in [3.8, 4) is 5.75 Å². The van der Waals surface area contributed by atoms with Crippen LogP contribution in [-0.4, -0.2) is 23.6 Å². The summed E-state index contributed by atoms with van der Waals surface area (Å²) < 4.78 is 5.33. The van der Waals surface area contributed by atoms with Gasteiger partial charge in [-0.2, -0.15) is 0 Å². The topological polar surface area (TPSA) is 38.2 Å². The number of rotatable bonds is 5. The summed E-state index contributed by atoms with van der Waals surface area (Å²) in [6.45, 7) is 6.84. The first-order valence-corrected chi connectivity index (χ1v) is 7.37. The molecule has 0 bridgehead atoms. The molecule has 0 aliphatic rings. The fourth-order valence-electron chi connectivity index (χ4n) is 2.29. The van der Waals surface area contributed by atoms with Crippen LogP contribution in [0.3, 0.4) is 0 Å². The van der Waals surface area contributed by atoms with E-state index in [-0.39, 0.29) is 0 Å². The summed E-state index contributed by atoms with van der Waals surface area (Å²) in [5.74, 6) is 1.43. The molecule has 2 aromatic rings. The molecule has 112 valence electrons. The molecule has 0 saturated heterocycles. The van der Waals surface area contributed by atoms with Crippen molar-refractivity contribution in [2.45, 2.75) is 27.2 Å². The van der Waals surface area contributed by atoms with Crippen molar-refractivity contribution in [2.75, 3.05) is 18.6 Å². The number of hydrogen-bond donors (Lipinski definition) is 0. The van der Waals surface area contributed by atoms with Gasteiger partial charge >= 0.3 is 0 Å². The Balaban J connectivity index is 2.45. The Morgan fingerprint density at radius 2 is 1.67 bits per heavy atom. The maximum atomic E-state index is 5.96. The summed E-state index contributed by atoms with van der Waals surface area (Å²) in [5.41, 5.74) is 2.72. The van der Waals surface area contributed by atoms with Crippen molar-refractivity contribution in [2.24, 2.45) is 0 Å². The molecule has 0 aliphatic carbocycles. The molecular formula is C16H20ClN3O. The van der Waals surface area contributed by atoms with Crippen LogP contribution in [0.1, 0.15) is 24.7 Å². The number of benzene rings is 1. The number of hydrogen-bond acceptors (Lipinski definition) is 4. The lowest BCUT2D eigenvalue weighted by molar-refractivity contribution is 0.403. The van der Waals surface area contributed by atoms with Crippen LogP contribution in [0, 0.1) is 13.8 Å². The second-order valence-corrected chi connectivity index (χ2v) is 5.29. The lowest BCUT2D eigenvalue weighted by Crippen LogP contribution is -2.21. The largest absolute Gasteiger partial charge is 0.493 e. The number of anilines is 2. The molecule has 2 rings (SSSR count). The maximum Gasteiger partial charge on any atom is 0.230 e. The van der Waals surface area contributed by atoms with Gasteiger partial charge in [-0.05, 0) is 44.5 Å². The minimum Gasteiger partial charge on any atom is -0.493 e. The Morgan fingerprint density at radius 3 is 2.14 bits per heavy atom. The van der Waals surface area contributed by atoms with E-state index in [9.17, 15) is 0 Å². The van der Waals surface area contributed by atoms with E-state index in [1.165, 1.54) is 0 Å². The summed E-state index contributed by atoms with van der Waals surface area (Å²) in [6, 6.07) is 7.72. The van der Waals surface area contributed by atoms with Crippen molar-refractivity contribution >= 4 is 23.2 Å². The van der Waals surface area contributed by atoms with Gasteiger partial charge in [-0.15, -0.1) is 0 Å². The summed E-state index contributed by atoms with van der Waals surface area (Å²) in [5, 5.41) is 0.721. The molecule has 0 N–H and O–H groups in total. The van der Waals surface area contributed by atoms with Gasteiger partial charge in [0.15, 0.2) is 5.75 Å². The number of nitrogens with zero attached hydrogens (tertiary/aromatic N) is 3. The van der Waals surface area contributed by atoms with E-state index < -0.39 is 0 Å². The van der Waals surface area contributed by atoms with Crippen molar-refractivity contribution < 1.29 is 4.74 Å². The molecule has 21 heavy (non-hydrogen) atoms. The van der Waals surface area contributed by atoms with E-state index in [1.54, 1.807) is 7.11 Å². The Bertz CT molecular complexity index is 590. The van der Waals surface area contributed by atoms with Crippen LogP contribution in [0.4, 0.5) is 11.6 Å². The monoisotopic (exact) mass is 305 g/mol. The second kappa shape index (κ2) is 6.76. The molecule has 4 nitrogen and oxygen atoms in total. The van der Waals surface area contributed by atoms with Crippen molar-refractivity contribution in [3.63, 3.8) is 0 Å². The maximum absolute atomic E-state index is 5.96. The van der Waals surface area contributed by atoms with Crippen molar-refractivity contribution in [1.29, 1.82) is 0 Å². The first kappa shape index (κ1) is 15.6. The van der Waals surface area contributed by atoms with E-state index in [1.807, 2.05) is 38.1 Å². The van der Waals surface area contributed by atoms with Gasteiger partial charge in [-0.1, -0.05) is 18.5 Å². The van der Waals surface area contributed by atoms with Crippen LogP contribution in [-0.2, 0) is 0 Å². The predicted molar refractivity (Wildman–Crippen MR) is 86.8 cm³/mol. The zero-order chi connectivity index (χ0) is 15.4. The average molecular weight is 306 g/mol. The Hall–Kier alpha value is -1.81. The highest BCUT2D eigenvalue weighted by molar-refractivity contribution is 6.30. The highest BCUT2D eigenvalue weighted by Gasteiger charge is 2.15. The molecule has 1 heterocycles. The Labute approximate surface area is 130 Å². The second-order valence-electron chi connectivity index (χ2n) is 4.86. The summed E-state index contributed by atoms with van der Waals surface area (Å²) >= 11 is 5.96. The molecule has 1 aromatic carbocycles. The zero-order valence-electron chi connectivity index (χ0n) is 12.9. The van der Waals surface area contributed by atoms with E-state index in [0.29, 0.717) is 5.95 Å². The highest BCUT2D eigenvalue weighted by Crippen LogP contribution is 2.28.